The number of aromatic nitrogens is 3. The first-order chi connectivity index (χ1) is 9.28. The topological polar surface area (TPSA) is 47.8 Å². The van der Waals surface area contributed by atoms with E-state index in [0.717, 1.165) is 17.4 Å². The molecule has 0 N–H and O–H groups in total. The molecule has 0 unspecified atom stereocenters. The van der Waals surface area contributed by atoms with Crippen molar-refractivity contribution in [1.82, 2.24) is 14.8 Å². The van der Waals surface area contributed by atoms with E-state index in [0.29, 0.717) is 17.1 Å². The second-order valence-corrected chi connectivity index (χ2v) is 4.98. The standard InChI is InChI=1S/C14H11N3OS/c1-10-2-4-15-13(6-10)17-7-12(8-18)14(16-17)11-3-5-19-9-11/h2-9H,1H3. The lowest BCUT2D eigenvalue weighted by Crippen LogP contribution is -1.98. The minimum Gasteiger partial charge on any atom is -0.298 e. The van der Waals surface area contributed by atoms with E-state index in [4.69, 9.17) is 0 Å². The number of thiophene rings is 1. The SMILES string of the molecule is Cc1ccnc(-n2cc(C=O)c(-c3ccsc3)n2)c1. The van der Waals surface area contributed by atoms with Gasteiger partial charge in [0.2, 0.25) is 0 Å². The van der Waals surface area contributed by atoms with Gasteiger partial charge in [-0.15, -0.1) is 0 Å². The number of pyridine rings is 1. The smallest absolute Gasteiger partial charge is 0.153 e. The van der Waals surface area contributed by atoms with Crippen molar-refractivity contribution in [2.24, 2.45) is 0 Å². The van der Waals surface area contributed by atoms with Gasteiger partial charge in [-0.25, -0.2) is 9.67 Å². The average Bonchev–Trinajstić information content (AvgIpc) is 3.07. The molecule has 0 aromatic carbocycles. The molecule has 0 atom stereocenters. The zero-order chi connectivity index (χ0) is 13.2. The number of nitrogens with zero attached hydrogens (tertiary/aromatic N) is 3. The van der Waals surface area contributed by atoms with Gasteiger partial charge in [-0.05, 0) is 36.1 Å². The summed E-state index contributed by atoms with van der Waals surface area (Å²) in [6.07, 6.45) is 4.27. The van der Waals surface area contributed by atoms with Crippen molar-refractivity contribution in [3.8, 4) is 17.1 Å². The van der Waals surface area contributed by atoms with Crippen molar-refractivity contribution >= 4 is 17.6 Å². The number of aryl methyl sites for hydroxylation is 1. The third kappa shape index (κ3) is 2.20. The maximum atomic E-state index is 11.2. The molecular weight excluding hydrogens is 258 g/mol. The highest BCUT2D eigenvalue weighted by molar-refractivity contribution is 7.08. The van der Waals surface area contributed by atoms with Gasteiger partial charge in [0, 0.05) is 23.3 Å². The summed E-state index contributed by atoms with van der Waals surface area (Å²) in [4.78, 5) is 15.4. The summed E-state index contributed by atoms with van der Waals surface area (Å²) < 4.78 is 1.64. The van der Waals surface area contributed by atoms with E-state index in [-0.39, 0.29) is 0 Å². The Morgan fingerprint density at radius 3 is 2.95 bits per heavy atom. The first-order valence-electron chi connectivity index (χ1n) is 5.78. The molecule has 0 aliphatic carbocycles. The van der Waals surface area contributed by atoms with Crippen LogP contribution in [-0.4, -0.2) is 21.1 Å². The van der Waals surface area contributed by atoms with Crippen molar-refractivity contribution in [3.05, 3.63) is 52.5 Å². The van der Waals surface area contributed by atoms with E-state index in [1.807, 2.05) is 35.9 Å². The Morgan fingerprint density at radius 2 is 2.26 bits per heavy atom. The van der Waals surface area contributed by atoms with Gasteiger partial charge in [-0.3, -0.25) is 4.79 Å². The highest BCUT2D eigenvalue weighted by Gasteiger charge is 2.12. The molecule has 3 rings (SSSR count). The van der Waals surface area contributed by atoms with Crippen LogP contribution in [0, 0.1) is 6.92 Å². The predicted octanol–water partition coefficient (Wildman–Crippen LogP) is 3.12. The molecule has 0 bridgehead atoms. The van der Waals surface area contributed by atoms with Crippen molar-refractivity contribution in [2.45, 2.75) is 6.92 Å². The summed E-state index contributed by atoms with van der Waals surface area (Å²) in [5.74, 6) is 0.713. The molecule has 0 aliphatic rings. The molecule has 3 heterocycles. The Hall–Kier alpha value is -2.27. The van der Waals surface area contributed by atoms with Crippen LogP contribution < -0.4 is 0 Å². The monoisotopic (exact) mass is 269 g/mol. The summed E-state index contributed by atoms with van der Waals surface area (Å²) in [7, 11) is 0. The van der Waals surface area contributed by atoms with Crippen LogP contribution in [0.5, 0.6) is 0 Å². The number of carbonyl (C=O) groups is 1. The molecule has 0 amide bonds. The largest absolute Gasteiger partial charge is 0.298 e. The molecular formula is C14H11N3OS. The molecule has 3 aromatic rings. The molecule has 4 nitrogen and oxygen atoms in total. The number of hydrogen-bond donors (Lipinski definition) is 0. The molecule has 0 radical (unpaired) electrons. The van der Waals surface area contributed by atoms with Gasteiger partial charge in [0.25, 0.3) is 0 Å². The second-order valence-electron chi connectivity index (χ2n) is 4.20. The van der Waals surface area contributed by atoms with Gasteiger partial charge in [-0.1, -0.05) is 0 Å². The quantitative estimate of drug-likeness (QED) is 0.686. The fourth-order valence-electron chi connectivity index (χ4n) is 1.86. The van der Waals surface area contributed by atoms with Crippen molar-refractivity contribution in [2.75, 3.05) is 0 Å². The van der Waals surface area contributed by atoms with E-state index >= 15 is 0 Å². The lowest BCUT2D eigenvalue weighted by Gasteiger charge is -2.00. The first kappa shape index (κ1) is 11.8. The first-order valence-corrected chi connectivity index (χ1v) is 6.72. The van der Waals surface area contributed by atoms with Gasteiger partial charge >= 0.3 is 0 Å². The molecule has 0 spiro atoms. The minimum atomic E-state index is 0.571. The fourth-order valence-corrected chi connectivity index (χ4v) is 2.50. The Labute approximate surface area is 114 Å². The zero-order valence-corrected chi connectivity index (χ0v) is 11.1. The average molecular weight is 269 g/mol. The summed E-state index contributed by atoms with van der Waals surface area (Å²) in [5, 5.41) is 8.41. The van der Waals surface area contributed by atoms with E-state index in [1.165, 1.54) is 0 Å². The van der Waals surface area contributed by atoms with Gasteiger partial charge in [0.1, 0.15) is 5.69 Å². The van der Waals surface area contributed by atoms with Crippen LogP contribution in [0.25, 0.3) is 17.1 Å². The minimum absolute atomic E-state index is 0.571. The van der Waals surface area contributed by atoms with Gasteiger partial charge in [0.15, 0.2) is 12.1 Å². The van der Waals surface area contributed by atoms with E-state index in [2.05, 4.69) is 10.1 Å². The highest BCUT2D eigenvalue weighted by Crippen LogP contribution is 2.24. The highest BCUT2D eigenvalue weighted by atomic mass is 32.1. The molecule has 94 valence electrons. The second kappa shape index (κ2) is 4.78. The number of rotatable bonds is 3. The van der Waals surface area contributed by atoms with Gasteiger partial charge in [-0.2, -0.15) is 16.4 Å². The van der Waals surface area contributed by atoms with Crippen LogP contribution >= 0.6 is 11.3 Å². The maximum Gasteiger partial charge on any atom is 0.153 e. The van der Waals surface area contributed by atoms with Gasteiger partial charge in [0.05, 0.1) is 5.56 Å². The summed E-state index contributed by atoms with van der Waals surface area (Å²) >= 11 is 1.58. The zero-order valence-electron chi connectivity index (χ0n) is 10.3. The fraction of sp³-hybridized carbons (Fsp3) is 0.0714. The summed E-state index contributed by atoms with van der Waals surface area (Å²) in [6, 6.07) is 5.81. The lowest BCUT2D eigenvalue weighted by atomic mass is 10.2. The molecule has 19 heavy (non-hydrogen) atoms. The number of aldehydes is 1. The Bertz CT molecular complexity index is 716. The van der Waals surface area contributed by atoms with Crippen LogP contribution in [0.15, 0.2) is 41.4 Å². The predicted molar refractivity (Wildman–Crippen MR) is 74.8 cm³/mol. The lowest BCUT2D eigenvalue weighted by molar-refractivity contribution is 0.112. The van der Waals surface area contributed by atoms with E-state index in [9.17, 15) is 4.79 Å². The normalized spacial score (nSPS) is 10.6. The Morgan fingerprint density at radius 1 is 1.37 bits per heavy atom. The van der Waals surface area contributed by atoms with Crippen LogP contribution in [0.3, 0.4) is 0 Å². The third-order valence-electron chi connectivity index (χ3n) is 2.80. The number of carbonyl (C=O) groups excluding carboxylic acids is 1. The molecule has 0 aliphatic heterocycles. The molecule has 3 aromatic heterocycles. The Balaban J connectivity index is 2.12. The third-order valence-corrected chi connectivity index (χ3v) is 3.48. The van der Waals surface area contributed by atoms with Crippen LogP contribution in [0.4, 0.5) is 0 Å². The molecule has 0 saturated carbocycles. The van der Waals surface area contributed by atoms with Gasteiger partial charge < -0.3 is 0 Å². The maximum absolute atomic E-state index is 11.2. The van der Waals surface area contributed by atoms with E-state index < -0.39 is 0 Å². The summed E-state index contributed by atoms with van der Waals surface area (Å²) in [6.45, 7) is 2.00. The van der Waals surface area contributed by atoms with Crippen molar-refractivity contribution in [3.63, 3.8) is 0 Å². The van der Waals surface area contributed by atoms with Crippen LogP contribution in [0.1, 0.15) is 15.9 Å². The molecule has 0 fully saturated rings. The van der Waals surface area contributed by atoms with Crippen molar-refractivity contribution < 1.29 is 4.79 Å². The molecule has 0 saturated heterocycles. The van der Waals surface area contributed by atoms with E-state index in [1.54, 1.807) is 28.4 Å². The van der Waals surface area contributed by atoms with Crippen LogP contribution in [-0.2, 0) is 0 Å². The van der Waals surface area contributed by atoms with Crippen molar-refractivity contribution in [1.29, 1.82) is 0 Å². The number of hydrogen-bond acceptors (Lipinski definition) is 4. The Kier molecular flexibility index (Phi) is 2.97. The summed E-state index contributed by atoms with van der Waals surface area (Å²) in [5.41, 5.74) is 3.32. The van der Waals surface area contributed by atoms with Crippen LogP contribution in [0.2, 0.25) is 0 Å². The molecule has 5 heteroatoms.